The van der Waals surface area contributed by atoms with Crippen molar-refractivity contribution in [1.29, 1.82) is 0 Å². The number of likely N-dealkylation sites (N-methyl/N-ethyl adjacent to an activating group) is 1. The van der Waals surface area contributed by atoms with Crippen LogP contribution in [0.25, 0.3) is 5.57 Å². The summed E-state index contributed by atoms with van der Waals surface area (Å²) in [5.74, 6) is -0.905. The maximum absolute atomic E-state index is 12.1. The Morgan fingerprint density at radius 1 is 1.35 bits per heavy atom. The number of quaternary nitrogens is 1. The van der Waals surface area contributed by atoms with Crippen LogP contribution >= 0.6 is 0 Å². The first kappa shape index (κ1) is 23.1. The van der Waals surface area contributed by atoms with E-state index in [2.05, 4.69) is 42.8 Å². The number of carboxylic acids is 1. The number of pyridine rings is 1. The highest BCUT2D eigenvalue weighted by Crippen LogP contribution is 2.26. The molecule has 1 aromatic rings. The molecule has 3 atom stereocenters. The van der Waals surface area contributed by atoms with Crippen molar-refractivity contribution < 1.29 is 14.4 Å². The number of nitrogens with zero attached hydrogens (tertiary/aromatic N) is 4. The summed E-state index contributed by atoms with van der Waals surface area (Å²) >= 11 is 0. The summed E-state index contributed by atoms with van der Waals surface area (Å²) in [6, 6.07) is 4.23. The molecule has 0 saturated carbocycles. The molecule has 1 aromatic heterocycles. The van der Waals surface area contributed by atoms with Gasteiger partial charge in [0.05, 0.1) is 38.3 Å². The molecule has 0 aliphatic carbocycles. The number of amidine groups is 1. The van der Waals surface area contributed by atoms with Crippen LogP contribution in [0.3, 0.4) is 0 Å². The molecule has 2 aliphatic heterocycles. The van der Waals surface area contributed by atoms with Crippen LogP contribution in [-0.4, -0.2) is 65.8 Å². The van der Waals surface area contributed by atoms with Crippen molar-refractivity contribution in [2.75, 3.05) is 27.2 Å². The van der Waals surface area contributed by atoms with E-state index >= 15 is 0 Å². The fourth-order valence-electron chi connectivity index (χ4n) is 4.42. The standard InChI is InChI=1S/C24H35N5O2/c1-5-7-20(24(30)31)21(23-27-17(2)11-12-26-28-23)14-18-9-10-22(25-15-18)19-8-6-13-29(3,4)16-19/h8-10,12,15,17,20-21H,5-7,11,13-14,16H2,1-4H3,(H-,27,28,30,31)/p+1. The van der Waals surface area contributed by atoms with Crippen LogP contribution in [0.1, 0.15) is 50.8 Å². The Hall–Kier alpha value is -2.54. The van der Waals surface area contributed by atoms with Crippen LogP contribution < -0.4 is 5.43 Å². The number of hydrogen-bond donors (Lipinski definition) is 2. The lowest BCUT2D eigenvalue weighted by atomic mass is 9.83. The van der Waals surface area contributed by atoms with E-state index in [0.29, 0.717) is 18.7 Å². The van der Waals surface area contributed by atoms with E-state index < -0.39 is 11.9 Å². The first-order chi connectivity index (χ1) is 14.8. The molecule has 0 amide bonds. The van der Waals surface area contributed by atoms with E-state index in [9.17, 15) is 9.90 Å². The van der Waals surface area contributed by atoms with Crippen LogP contribution in [-0.2, 0) is 11.2 Å². The van der Waals surface area contributed by atoms with Crippen LogP contribution in [0.15, 0.2) is 34.5 Å². The van der Waals surface area contributed by atoms with Gasteiger partial charge >= 0.3 is 5.97 Å². The van der Waals surface area contributed by atoms with Crippen molar-refractivity contribution in [3.8, 4) is 0 Å². The molecule has 0 fully saturated rings. The van der Waals surface area contributed by atoms with E-state index in [4.69, 9.17) is 9.98 Å². The van der Waals surface area contributed by atoms with Crippen molar-refractivity contribution >= 4 is 23.6 Å². The molecule has 2 aliphatic rings. The minimum Gasteiger partial charge on any atom is -0.481 e. The third-order valence-electron chi connectivity index (χ3n) is 6.16. The lowest BCUT2D eigenvalue weighted by molar-refractivity contribution is -0.883. The second-order valence-corrected chi connectivity index (χ2v) is 9.45. The number of aromatic nitrogens is 1. The molecule has 0 saturated heterocycles. The number of hydrogen-bond acceptors (Lipinski definition) is 5. The molecule has 31 heavy (non-hydrogen) atoms. The largest absolute Gasteiger partial charge is 0.481 e. The molecule has 2 N–H and O–H groups in total. The summed E-state index contributed by atoms with van der Waals surface area (Å²) in [7, 11) is 4.49. The first-order valence-electron chi connectivity index (χ1n) is 11.3. The Morgan fingerprint density at radius 2 is 2.16 bits per heavy atom. The molecule has 3 unspecified atom stereocenters. The van der Waals surface area contributed by atoms with Crippen molar-refractivity contribution in [1.82, 2.24) is 10.4 Å². The van der Waals surface area contributed by atoms with Gasteiger partial charge in [-0.1, -0.05) is 25.5 Å². The quantitative estimate of drug-likeness (QED) is 0.624. The molecular formula is C24H36N5O2+. The summed E-state index contributed by atoms with van der Waals surface area (Å²) in [6.45, 7) is 6.17. The summed E-state index contributed by atoms with van der Waals surface area (Å²) in [5, 5.41) is 14.2. The second kappa shape index (κ2) is 10.2. The zero-order chi connectivity index (χ0) is 22.4. The minimum absolute atomic E-state index is 0.0764. The van der Waals surface area contributed by atoms with Gasteiger partial charge in [-0.15, -0.1) is 0 Å². The van der Waals surface area contributed by atoms with Crippen molar-refractivity contribution in [2.45, 2.75) is 52.0 Å². The van der Waals surface area contributed by atoms with Gasteiger partial charge in [-0.25, -0.2) is 0 Å². The molecule has 0 spiro atoms. The van der Waals surface area contributed by atoms with Gasteiger partial charge in [0.1, 0.15) is 12.4 Å². The molecule has 3 heterocycles. The fraction of sp³-hybridized carbons (Fsp3) is 0.583. The average molecular weight is 427 g/mol. The Labute approximate surface area is 185 Å². The van der Waals surface area contributed by atoms with E-state index in [0.717, 1.165) is 48.1 Å². The van der Waals surface area contributed by atoms with Crippen LogP contribution in [0.2, 0.25) is 0 Å². The highest BCUT2D eigenvalue weighted by Gasteiger charge is 2.32. The zero-order valence-corrected chi connectivity index (χ0v) is 19.2. The Bertz CT molecular complexity index is 857. The maximum Gasteiger partial charge on any atom is 0.307 e. The Balaban J connectivity index is 1.84. The normalized spacial score (nSPS) is 22.5. The number of carbonyl (C=O) groups is 1. The number of aliphatic imine (C=N–C) groups is 1. The lowest BCUT2D eigenvalue weighted by Gasteiger charge is -2.33. The SMILES string of the molecule is CCCC(C(=O)O)C(Cc1ccc(C2=CCC[N+](C)(C)C2)nc1)C1=NC(C)CC=NN1. The summed E-state index contributed by atoms with van der Waals surface area (Å²) in [5.41, 5.74) is 6.34. The fourth-order valence-corrected chi connectivity index (χ4v) is 4.42. The van der Waals surface area contributed by atoms with Crippen molar-refractivity contribution in [2.24, 2.45) is 21.9 Å². The van der Waals surface area contributed by atoms with E-state index in [1.807, 2.05) is 26.3 Å². The monoisotopic (exact) mass is 426 g/mol. The maximum atomic E-state index is 12.1. The highest BCUT2D eigenvalue weighted by molar-refractivity contribution is 5.90. The van der Waals surface area contributed by atoms with E-state index in [1.54, 1.807) is 0 Å². The van der Waals surface area contributed by atoms with Gasteiger partial charge in [0.2, 0.25) is 0 Å². The van der Waals surface area contributed by atoms with Gasteiger partial charge in [-0.2, -0.15) is 5.10 Å². The minimum atomic E-state index is -0.783. The Morgan fingerprint density at radius 3 is 2.81 bits per heavy atom. The smallest absolute Gasteiger partial charge is 0.307 e. The Kier molecular flexibility index (Phi) is 7.59. The molecule has 7 nitrogen and oxygen atoms in total. The van der Waals surface area contributed by atoms with Crippen LogP contribution in [0.4, 0.5) is 0 Å². The van der Waals surface area contributed by atoms with E-state index in [1.165, 1.54) is 5.57 Å². The summed E-state index contributed by atoms with van der Waals surface area (Å²) < 4.78 is 0.971. The van der Waals surface area contributed by atoms with Gasteiger partial charge in [0.15, 0.2) is 0 Å². The first-order valence-corrected chi connectivity index (χ1v) is 11.3. The molecule has 168 valence electrons. The number of aliphatic carboxylic acids is 1. The van der Waals surface area contributed by atoms with Gasteiger partial charge in [0.25, 0.3) is 0 Å². The van der Waals surface area contributed by atoms with E-state index in [-0.39, 0.29) is 12.0 Å². The van der Waals surface area contributed by atoms with Crippen LogP contribution in [0.5, 0.6) is 0 Å². The number of rotatable bonds is 8. The van der Waals surface area contributed by atoms with Crippen molar-refractivity contribution in [3.05, 3.63) is 35.7 Å². The third-order valence-corrected chi connectivity index (χ3v) is 6.16. The lowest BCUT2D eigenvalue weighted by Crippen LogP contribution is -2.43. The predicted octanol–water partition coefficient (Wildman–Crippen LogP) is 3.37. The predicted molar refractivity (Wildman–Crippen MR) is 125 cm³/mol. The molecule has 0 bridgehead atoms. The molecular weight excluding hydrogens is 390 g/mol. The number of nitrogens with one attached hydrogen (secondary N) is 1. The topological polar surface area (TPSA) is 86.9 Å². The second-order valence-electron chi connectivity index (χ2n) is 9.45. The summed E-state index contributed by atoms with van der Waals surface area (Å²) in [4.78, 5) is 21.6. The van der Waals surface area contributed by atoms with Gasteiger partial charge in [0, 0.05) is 36.7 Å². The number of hydrazone groups is 1. The van der Waals surface area contributed by atoms with Gasteiger partial charge < -0.3 is 9.59 Å². The highest BCUT2D eigenvalue weighted by atomic mass is 16.4. The van der Waals surface area contributed by atoms with Crippen LogP contribution in [0, 0.1) is 11.8 Å². The average Bonchev–Trinajstić information content (AvgIpc) is 2.94. The van der Waals surface area contributed by atoms with Gasteiger partial charge in [-0.3, -0.25) is 20.2 Å². The van der Waals surface area contributed by atoms with Gasteiger partial charge in [-0.05, 0) is 31.4 Å². The molecule has 0 radical (unpaired) electrons. The third kappa shape index (κ3) is 6.23. The molecule has 7 heteroatoms. The number of carboxylic acid groups (broad SMARTS) is 1. The zero-order valence-electron chi connectivity index (χ0n) is 19.2. The molecule has 0 aromatic carbocycles. The summed E-state index contributed by atoms with van der Waals surface area (Å²) in [6.07, 6.45) is 9.78. The van der Waals surface area contributed by atoms with Crippen molar-refractivity contribution in [3.63, 3.8) is 0 Å². The molecule has 3 rings (SSSR count).